The third kappa shape index (κ3) is 7.59. The fourth-order valence-corrected chi connectivity index (χ4v) is 6.02. The molecule has 10 nitrogen and oxygen atoms in total. The van der Waals surface area contributed by atoms with E-state index in [2.05, 4.69) is 6.07 Å². The molecule has 0 aromatic heterocycles. The van der Waals surface area contributed by atoms with Gasteiger partial charge in [-0.1, -0.05) is 47.9 Å². The zero-order valence-electron chi connectivity index (χ0n) is 28.0. The van der Waals surface area contributed by atoms with E-state index in [0.717, 1.165) is 21.9 Å². The molecule has 0 radical (unpaired) electrons. The van der Waals surface area contributed by atoms with Crippen molar-refractivity contribution in [3.8, 4) is 44.9 Å². The van der Waals surface area contributed by atoms with Crippen molar-refractivity contribution in [2.75, 3.05) is 5.73 Å². The molecule has 4 aromatic rings. The van der Waals surface area contributed by atoms with E-state index in [0.29, 0.717) is 56.0 Å². The third-order valence-electron chi connectivity index (χ3n) is 8.13. The SMILES string of the molecule is N=c1ccc2c(-c3ccccc3C(=O)O)c3ccc(N)cc3oc-2c1.O=C([O-])c1ccccc1-c1c2ccc(=O)cc-2oc2c[c-]ccc12.[Na+].[Na+].[OH-]. The summed E-state index contributed by atoms with van der Waals surface area (Å²) in [4.78, 5) is 34.9. The molecular weight excluding hydrogens is 682 g/mol. The van der Waals surface area contributed by atoms with Gasteiger partial charge in [-0.3, -0.25) is 4.79 Å². The Balaban J connectivity index is 0.000000220. The second-order valence-corrected chi connectivity index (χ2v) is 11.2. The first-order valence-corrected chi connectivity index (χ1v) is 15.0. The van der Waals surface area contributed by atoms with Gasteiger partial charge in [0.25, 0.3) is 0 Å². The number of nitrogen functional groups attached to an aromatic ring is 1. The van der Waals surface area contributed by atoms with Gasteiger partial charge in [0.15, 0.2) is 5.43 Å². The molecule has 4 aliphatic rings. The Kier molecular flexibility index (Phi) is 12.6. The average molecular weight is 708 g/mol. The summed E-state index contributed by atoms with van der Waals surface area (Å²) in [7, 11) is 0. The number of carbonyl (C=O) groups excluding carboxylic acids is 1. The zero-order valence-corrected chi connectivity index (χ0v) is 32.0. The summed E-state index contributed by atoms with van der Waals surface area (Å²) in [5.41, 5.74) is 11.6. The maximum Gasteiger partial charge on any atom is 1.00 e. The van der Waals surface area contributed by atoms with Gasteiger partial charge >= 0.3 is 65.1 Å². The Morgan fingerprint density at radius 3 is 1.94 bits per heavy atom. The van der Waals surface area contributed by atoms with Crippen LogP contribution in [0.4, 0.5) is 5.69 Å². The Morgan fingerprint density at radius 1 is 0.692 bits per heavy atom. The monoisotopic (exact) mass is 707 g/mol. The van der Waals surface area contributed by atoms with Crippen LogP contribution in [-0.2, 0) is 0 Å². The first-order valence-electron chi connectivity index (χ1n) is 15.0. The first-order chi connectivity index (χ1) is 23.7. The minimum absolute atomic E-state index is 0. The fourth-order valence-electron chi connectivity index (χ4n) is 6.02. The number of carboxylic acid groups (broad SMARTS) is 2. The van der Waals surface area contributed by atoms with Gasteiger partial charge < -0.3 is 40.5 Å². The van der Waals surface area contributed by atoms with Crippen LogP contribution in [0.15, 0.2) is 135 Å². The van der Waals surface area contributed by atoms with Crippen molar-refractivity contribution in [2.24, 2.45) is 0 Å². The molecule has 2 heterocycles. The van der Waals surface area contributed by atoms with Crippen molar-refractivity contribution in [1.29, 1.82) is 5.41 Å². The molecule has 0 saturated carbocycles. The number of rotatable bonds is 4. The van der Waals surface area contributed by atoms with E-state index in [1.54, 1.807) is 91.0 Å². The predicted molar refractivity (Wildman–Crippen MR) is 185 cm³/mol. The summed E-state index contributed by atoms with van der Waals surface area (Å²) in [6.45, 7) is 0. The van der Waals surface area contributed by atoms with E-state index in [1.165, 1.54) is 18.2 Å². The van der Waals surface area contributed by atoms with Crippen molar-refractivity contribution in [3.63, 3.8) is 0 Å². The number of fused-ring (bicyclic) bond motifs is 4. The van der Waals surface area contributed by atoms with Crippen LogP contribution in [0, 0.1) is 11.5 Å². The zero-order chi connectivity index (χ0) is 34.2. The molecule has 2 aliphatic heterocycles. The topological polar surface area (TPSA) is 201 Å². The van der Waals surface area contributed by atoms with Gasteiger partial charge in [-0.05, 0) is 59.2 Å². The fraction of sp³-hybridized carbons (Fsp3) is 0. The molecule has 4 aromatic carbocycles. The maximum atomic E-state index is 11.7. The second kappa shape index (κ2) is 16.5. The van der Waals surface area contributed by atoms with Gasteiger partial charge in [0, 0.05) is 57.1 Å². The van der Waals surface area contributed by atoms with Gasteiger partial charge in [0.05, 0.1) is 16.9 Å². The molecule has 0 atom stereocenters. The number of aromatic carboxylic acids is 2. The summed E-state index contributed by atoms with van der Waals surface area (Å²) < 4.78 is 11.7. The molecule has 0 amide bonds. The van der Waals surface area contributed by atoms with Gasteiger partial charge in [0.2, 0.25) is 0 Å². The van der Waals surface area contributed by atoms with E-state index >= 15 is 0 Å². The molecule has 0 bridgehead atoms. The Morgan fingerprint density at radius 2 is 1.27 bits per heavy atom. The van der Waals surface area contributed by atoms with Crippen LogP contribution >= 0.6 is 0 Å². The van der Waals surface area contributed by atoms with E-state index in [4.69, 9.17) is 20.0 Å². The van der Waals surface area contributed by atoms with Gasteiger partial charge in [-0.25, -0.2) is 4.79 Å². The van der Waals surface area contributed by atoms with E-state index in [1.807, 2.05) is 12.1 Å². The largest absolute Gasteiger partial charge is 1.00 e. The second-order valence-electron chi connectivity index (χ2n) is 11.2. The summed E-state index contributed by atoms with van der Waals surface area (Å²) in [6.07, 6.45) is 0. The molecule has 0 unspecified atom stereocenters. The van der Waals surface area contributed by atoms with Crippen LogP contribution in [0.5, 0.6) is 0 Å². The van der Waals surface area contributed by atoms with Crippen LogP contribution < -0.4 is 80.7 Å². The molecule has 0 saturated heterocycles. The van der Waals surface area contributed by atoms with Crippen LogP contribution in [0.2, 0.25) is 0 Å². The normalized spacial score (nSPS) is 10.4. The Hall–Kier alpha value is -5.04. The van der Waals surface area contributed by atoms with Crippen molar-refractivity contribution in [3.05, 3.63) is 154 Å². The van der Waals surface area contributed by atoms with Gasteiger partial charge in [-0.2, -0.15) is 18.2 Å². The molecule has 0 spiro atoms. The molecule has 12 heteroatoms. The van der Waals surface area contributed by atoms with E-state index in [9.17, 15) is 24.6 Å². The number of benzene rings is 6. The Labute approximate surface area is 340 Å². The van der Waals surface area contributed by atoms with Crippen molar-refractivity contribution in [1.82, 2.24) is 0 Å². The number of anilines is 1. The van der Waals surface area contributed by atoms with Gasteiger partial charge in [0.1, 0.15) is 17.1 Å². The number of carboxylic acids is 2. The van der Waals surface area contributed by atoms with Crippen molar-refractivity contribution >= 4 is 39.6 Å². The van der Waals surface area contributed by atoms with Crippen LogP contribution in [0.25, 0.3) is 66.8 Å². The maximum absolute atomic E-state index is 11.7. The smallest absolute Gasteiger partial charge is 0.870 e. The van der Waals surface area contributed by atoms with Crippen molar-refractivity contribution < 1.29 is 93.2 Å². The van der Waals surface area contributed by atoms with Crippen LogP contribution in [0.1, 0.15) is 20.7 Å². The number of carbonyl (C=O) groups is 2. The minimum atomic E-state index is -1.25. The number of hydrogen-bond donors (Lipinski definition) is 3. The molecule has 5 N–H and O–H groups in total. The summed E-state index contributed by atoms with van der Waals surface area (Å²) in [5.74, 6) is -1.33. The van der Waals surface area contributed by atoms with E-state index < -0.39 is 11.9 Å². The third-order valence-corrected chi connectivity index (χ3v) is 8.13. The molecule has 52 heavy (non-hydrogen) atoms. The first kappa shape index (κ1) is 39.7. The molecule has 0 fully saturated rings. The summed E-state index contributed by atoms with van der Waals surface area (Å²) in [5, 5.41) is 30.8. The predicted octanol–water partition coefficient (Wildman–Crippen LogP) is 0.524. The standard InChI is InChI=1S/C20H14N2O3.C20H11O4.2Na.H2O/c21-11-5-7-15-17(9-11)25-18-10-12(22)6-8-16(18)19(15)13-3-1-2-4-14(13)20(23)24;21-12-9-10-16-18(11-12)24-17-8-4-3-7-15(17)19(16)13-5-1-2-6-14(13)20(22)23;;;/h1-10,21H,22H2,(H,23,24);1-3,5-11H,(H,22,23);;;1H2/q;-1;2*+1;/p-2. The summed E-state index contributed by atoms with van der Waals surface area (Å²) >= 11 is 0. The van der Waals surface area contributed by atoms with Crippen LogP contribution in [0.3, 0.4) is 0 Å². The van der Waals surface area contributed by atoms with Crippen molar-refractivity contribution in [2.45, 2.75) is 0 Å². The molecule has 246 valence electrons. The summed E-state index contributed by atoms with van der Waals surface area (Å²) in [6, 6.07) is 36.5. The quantitative estimate of drug-likeness (QED) is 0.101. The number of hydrogen-bond acceptors (Lipinski definition) is 9. The molecular formula is C40H25N2Na2O8-. The molecule has 2 aliphatic carbocycles. The number of nitrogens with one attached hydrogen (secondary N) is 1. The van der Waals surface area contributed by atoms with E-state index in [-0.39, 0.29) is 81.1 Å². The van der Waals surface area contributed by atoms with Gasteiger partial charge in [-0.15, -0.1) is 6.07 Å². The minimum Gasteiger partial charge on any atom is -0.870 e. The molecule has 8 rings (SSSR count). The van der Waals surface area contributed by atoms with Crippen LogP contribution in [-0.4, -0.2) is 22.5 Å². The average Bonchev–Trinajstić information content (AvgIpc) is 3.09. The number of nitrogens with two attached hydrogens (primary N) is 1. The Bertz CT molecular complexity index is 2650.